The van der Waals surface area contributed by atoms with Crippen LogP contribution in [0.1, 0.15) is 102 Å². The Morgan fingerprint density at radius 2 is 1.46 bits per heavy atom. The highest BCUT2D eigenvalue weighted by Crippen LogP contribution is 2.13. The molecule has 2 aromatic rings. The van der Waals surface area contributed by atoms with Crippen LogP contribution < -0.4 is 0 Å². The maximum absolute atomic E-state index is 12.3. The quantitative estimate of drug-likeness (QED) is 0.243. The minimum Gasteiger partial charge on any atom is -0.273 e. The molecular weight excluding hydrogens is 346 g/mol. The lowest BCUT2D eigenvalue weighted by Crippen LogP contribution is -2.12. The number of nitrogens with zero attached hydrogens (tertiary/aromatic N) is 3. The van der Waals surface area contributed by atoms with Gasteiger partial charge in [-0.25, -0.2) is 0 Å². The number of benzene rings is 1. The monoisotopic (exact) mass is 383 g/mol. The summed E-state index contributed by atoms with van der Waals surface area (Å²) in [5, 5.41) is 8.04. The van der Waals surface area contributed by atoms with Crippen molar-refractivity contribution in [3.63, 3.8) is 0 Å². The Balaban J connectivity index is 1.43. The molecule has 0 unspecified atom stereocenters. The van der Waals surface area contributed by atoms with Crippen molar-refractivity contribution in [1.29, 1.82) is 0 Å². The Hall–Kier alpha value is -1.97. The minimum absolute atomic E-state index is 0.0475. The maximum Gasteiger partial charge on any atom is 0.248 e. The highest BCUT2D eigenvalue weighted by Gasteiger charge is 2.10. The van der Waals surface area contributed by atoms with Gasteiger partial charge in [0.2, 0.25) is 5.91 Å². The second-order valence-electron chi connectivity index (χ2n) is 7.72. The molecule has 28 heavy (non-hydrogen) atoms. The van der Waals surface area contributed by atoms with E-state index in [2.05, 4.69) is 29.4 Å². The van der Waals surface area contributed by atoms with Crippen molar-refractivity contribution in [3.8, 4) is 0 Å². The van der Waals surface area contributed by atoms with Crippen LogP contribution in [0.25, 0.3) is 11.0 Å². The number of fused-ring (bicyclic) bond motifs is 1. The summed E-state index contributed by atoms with van der Waals surface area (Å²) in [6.07, 6.45) is 21.7. The van der Waals surface area contributed by atoms with Crippen molar-refractivity contribution < 1.29 is 4.79 Å². The van der Waals surface area contributed by atoms with Crippen LogP contribution in [-0.4, -0.2) is 20.9 Å². The molecule has 0 bridgehead atoms. The number of rotatable bonds is 15. The molecule has 0 radical (unpaired) electrons. The number of para-hydroxylation sites is 1. The van der Waals surface area contributed by atoms with E-state index in [0.717, 1.165) is 23.9 Å². The summed E-state index contributed by atoms with van der Waals surface area (Å²) in [7, 11) is 0. The Bertz CT molecular complexity index is 705. The molecular formula is C24H37N3O. The first-order valence-corrected chi connectivity index (χ1v) is 11.3. The Morgan fingerprint density at radius 3 is 2.18 bits per heavy atom. The van der Waals surface area contributed by atoms with Crippen molar-refractivity contribution in [3.05, 3.63) is 36.4 Å². The summed E-state index contributed by atoms with van der Waals surface area (Å²) >= 11 is 0. The van der Waals surface area contributed by atoms with Gasteiger partial charge in [-0.1, -0.05) is 87.8 Å². The van der Waals surface area contributed by atoms with Crippen LogP contribution in [0.3, 0.4) is 0 Å². The van der Waals surface area contributed by atoms with Crippen LogP contribution in [-0.2, 0) is 0 Å². The number of hydrogen-bond acceptors (Lipinski definition) is 3. The molecule has 0 spiro atoms. The Morgan fingerprint density at radius 1 is 0.857 bits per heavy atom. The highest BCUT2D eigenvalue weighted by molar-refractivity contribution is 5.88. The minimum atomic E-state index is 0.0475. The maximum atomic E-state index is 12.3. The van der Waals surface area contributed by atoms with Gasteiger partial charge in [0.25, 0.3) is 0 Å². The lowest BCUT2D eigenvalue weighted by molar-refractivity contribution is 0.0886. The number of hydrogen-bond donors (Lipinski definition) is 0. The predicted molar refractivity (Wildman–Crippen MR) is 118 cm³/mol. The number of carbonyl (C=O) groups excluding carboxylic acids is 1. The Labute approximate surface area is 170 Å². The van der Waals surface area contributed by atoms with Gasteiger partial charge < -0.3 is 0 Å². The lowest BCUT2D eigenvalue weighted by atomic mass is 10.1. The molecule has 0 saturated heterocycles. The van der Waals surface area contributed by atoms with E-state index in [1.807, 2.05) is 24.3 Å². The predicted octanol–water partition coefficient (Wildman–Crippen LogP) is 7.11. The molecule has 0 aliphatic carbocycles. The van der Waals surface area contributed by atoms with Gasteiger partial charge in [0, 0.05) is 6.42 Å². The van der Waals surface area contributed by atoms with Crippen LogP contribution >= 0.6 is 0 Å². The molecule has 0 aliphatic heterocycles. The third-order valence-corrected chi connectivity index (χ3v) is 5.24. The zero-order valence-corrected chi connectivity index (χ0v) is 17.6. The van der Waals surface area contributed by atoms with E-state index in [1.54, 1.807) is 0 Å². The second kappa shape index (κ2) is 14.1. The van der Waals surface area contributed by atoms with Crippen molar-refractivity contribution >= 4 is 16.9 Å². The molecule has 2 rings (SSSR count). The number of allylic oxidation sites excluding steroid dienone is 2. The standard InChI is InChI=1S/C24H37N3O/c1-2-3-4-5-6-7-8-9-10-11-12-13-14-15-16-21-24(28)27-23-20-18-17-19-22(23)25-26-27/h9-10,17-20H,2-8,11-16,21H2,1H3. The molecule has 1 aromatic heterocycles. The zero-order valence-electron chi connectivity index (χ0n) is 17.6. The molecule has 0 saturated carbocycles. The van der Waals surface area contributed by atoms with Gasteiger partial charge in [-0.3, -0.25) is 4.79 Å². The van der Waals surface area contributed by atoms with E-state index < -0.39 is 0 Å². The SMILES string of the molecule is CCCCCCCCC=CCCCCCCCC(=O)n1nnc2ccccc21. The van der Waals surface area contributed by atoms with E-state index in [9.17, 15) is 4.79 Å². The van der Waals surface area contributed by atoms with E-state index in [1.165, 1.54) is 75.3 Å². The fourth-order valence-corrected chi connectivity index (χ4v) is 3.51. The first-order chi connectivity index (χ1) is 13.8. The van der Waals surface area contributed by atoms with Gasteiger partial charge in [0.05, 0.1) is 5.52 Å². The normalized spacial score (nSPS) is 11.6. The summed E-state index contributed by atoms with van der Waals surface area (Å²) < 4.78 is 1.45. The van der Waals surface area contributed by atoms with Crippen LogP contribution in [0.5, 0.6) is 0 Å². The van der Waals surface area contributed by atoms with Crippen molar-refractivity contribution in [2.45, 2.75) is 96.8 Å². The molecule has 0 N–H and O–H groups in total. The fourth-order valence-electron chi connectivity index (χ4n) is 3.51. The number of unbranched alkanes of at least 4 members (excludes halogenated alkanes) is 11. The average Bonchev–Trinajstić information content (AvgIpc) is 3.15. The molecule has 154 valence electrons. The van der Waals surface area contributed by atoms with Crippen LogP contribution in [0.2, 0.25) is 0 Å². The summed E-state index contributed by atoms with van der Waals surface area (Å²) in [6.45, 7) is 2.27. The molecule has 4 nitrogen and oxygen atoms in total. The summed E-state index contributed by atoms with van der Waals surface area (Å²) in [5.74, 6) is 0.0475. The third kappa shape index (κ3) is 8.37. The van der Waals surface area contributed by atoms with Gasteiger partial charge in [-0.15, -0.1) is 5.10 Å². The summed E-state index contributed by atoms with van der Waals surface area (Å²) in [4.78, 5) is 12.3. The molecule has 1 aromatic carbocycles. The van der Waals surface area contributed by atoms with E-state index in [4.69, 9.17) is 0 Å². The second-order valence-corrected chi connectivity index (χ2v) is 7.72. The highest BCUT2D eigenvalue weighted by atomic mass is 16.2. The van der Waals surface area contributed by atoms with E-state index >= 15 is 0 Å². The summed E-state index contributed by atoms with van der Waals surface area (Å²) in [6, 6.07) is 7.61. The van der Waals surface area contributed by atoms with Crippen LogP contribution in [0.15, 0.2) is 36.4 Å². The number of aromatic nitrogens is 3. The van der Waals surface area contributed by atoms with E-state index in [0.29, 0.717) is 6.42 Å². The molecule has 0 aliphatic rings. The number of carbonyl (C=O) groups is 1. The summed E-state index contributed by atoms with van der Waals surface area (Å²) in [5.41, 5.74) is 1.58. The molecule has 0 amide bonds. The van der Waals surface area contributed by atoms with Gasteiger partial charge in [-0.2, -0.15) is 4.68 Å². The molecule has 0 fully saturated rings. The molecule has 0 atom stereocenters. The molecule has 1 heterocycles. The van der Waals surface area contributed by atoms with Gasteiger partial charge >= 0.3 is 0 Å². The fraction of sp³-hybridized carbons (Fsp3) is 0.625. The Kier molecular flexibility index (Phi) is 11.2. The van der Waals surface area contributed by atoms with Crippen molar-refractivity contribution in [2.75, 3.05) is 0 Å². The topological polar surface area (TPSA) is 47.8 Å². The molecule has 4 heteroatoms. The van der Waals surface area contributed by atoms with Crippen LogP contribution in [0.4, 0.5) is 0 Å². The van der Waals surface area contributed by atoms with E-state index in [-0.39, 0.29) is 5.91 Å². The lowest BCUT2D eigenvalue weighted by Gasteiger charge is -2.02. The first-order valence-electron chi connectivity index (χ1n) is 11.3. The van der Waals surface area contributed by atoms with Crippen molar-refractivity contribution in [2.24, 2.45) is 0 Å². The zero-order chi connectivity index (χ0) is 19.9. The third-order valence-electron chi connectivity index (χ3n) is 5.24. The van der Waals surface area contributed by atoms with Gasteiger partial charge in [-0.05, 0) is 44.2 Å². The van der Waals surface area contributed by atoms with Gasteiger partial charge in [0.1, 0.15) is 5.52 Å². The van der Waals surface area contributed by atoms with Gasteiger partial charge in [0.15, 0.2) is 0 Å². The average molecular weight is 384 g/mol. The van der Waals surface area contributed by atoms with Crippen LogP contribution in [0, 0.1) is 0 Å². The first kappa shape index (κ1) is 22.3. The largest absolute Gasteiger partial charge is 0.273 e. The smallest absolute Gasteiger partial charge is 0.248 e. The van der Waals surface area contributed by atoms with Crippen molar-refractivity contribution in [1.82, 2.24) is 15.0 Å².